The Morgan fingerprint density at radius 2 is 1.95 bits per heavy atom. The maximum absolute atomic E-state index is 11.1. The first kappa shape index (κ1) is 15.4. The van der Waals surface area contributed by atoms with Crippen LogP contribution in [0.5, 0.6) is 0 Å². The Hall–Kier alpha value is -1.96. The standard InChI is InChI=1S/C9H6O2.C5H8O4S/c10-8-5-6-11-9-4-2-1-3-7(8)9;6-1-2-3(7)4(8)5(10)9-2/h1-6H;2-3,6-8,10H,1H2/t;2-,3+/m.1/s1. The zero-order valence-corrected chi connectivity index (χ0v) is 11.7. The van der Waals surface area contributed by atoms with E-state index in [4.69, 9.17) is 24.5 Å². The van der Waals surface area contributed by atoms with E-state index in [0.717, 1.165) is 0 Å². The van der Waals surface area contributed by atoms with Crippen LogP contribution < -0.4 is 5.43 Å². The second-order valence-electron chi connectivity index (χ2n) is 4.26. The third-order valence-corrected chi connectivity index (χ3v) is 3.20. The number of thiol groups is 1. The van der Waals surface area contributed by atoms with Crippen molar-refractivity contribution < 1.29 is 24.5 Å². The molecule has 0 radical (unpaired) electrons. The molecule has 7 heteroatoms. The molecule has 1 aliphatic heterocycles. The quantitative estimate of drug-likeness (QED) is 0.590. The van der Waals surface area contributed by atoms with Crippen molar-refractivity contribution >= 4 is 23.6 Å². The van der Waals surface area contributed by atoms with Crippen LogP contribution in [0.3, 0.4) is 0 Å². The number of fused-ring (bicyclic) bond motifs is 1. The molecule has 112 valence electrons. The summed E-state index contributed by atoms with van der Waals surface area (Å²) >= 11 is 3.70. The fourth-order valence-electron chi connectivity index (χ4n) is 1.74. The zero-order chi connectivity index (χ0) is 15.4. The molecule has 2 heterocycles. The van der Waals surface area contributed by atoms with Gasteiger partial charge in [0.2, 0.25) is 0 Å². The first-order chi connectivity index (χ1) is 10.0. The number of aliphatic hydroxyl groups excluding tert-OH is 3. The van der Waals surface area contributed by atoms with Gasteiger partial charge in [0, 0.05) is 6.07 Å². The van der Waals surface area contributed by atoms with Crippen molar-refractivity contribution in [3.05, 3.63) is 57.7 Å². The second kappa shape index (κ2) is 6.66. The van der Waals surface area contributed by atoms with Crippen molar-refractivity contribution in [1.29, 1.82) is 0 Å². The highest BCUT2D eigenvalue weighted by molar-refractivity contribution is 7.84. The Labute approximate surface area is 125 Å². The minimum absolute atomic E-state index is 0.00634. The van der Waals surface area contributed by atoms with Crippen molar-refractivity contribution in [1.82, 2.24) is 0 Å². The van der Waals surface area contributed by atoms with Crippen molar-refractivity contribution in [2.75, 3.05) is 6.61 Å². The van der Waals surface area contributed by atoms with Gasteiger partial charge >= 0.3 is 0 Å². The minimum Gasteiger partial charge on any atom is -0.506 e. The first-order valence-electron chi connectivity index (χ1n) is 6.09. The van der Waals surface area contributed by atoms with Crippen LogP contribution in [-0.2, 0) is 4.74 Å². The lowest BCUT2D eigenvalue weighted by Crippen LogP contribution is -2.27. The number of benzene rings is 1. The lowest BCUT2D eigenvalue weighted by atomic mass is 10.2. The highest BCUT2D eigenvalue weighted by Crippen LogP contribution is 2.25. The van der Waals surface area contributed by atoms with Gasteiger partial charge in [0.25, 0.3) is 0 Å². The summed E-state index contributed by atoms with van der Waals surface area (Å²) in [7, 11) is 0. The number of ether oxygens (including phenoxy) is 1. The maximum atomic E-state index is 11.1. The molecule has 0 saturated heterocycles. The van der Waals surface area contributed by atoms with E-state index in [9.17, 15) is 4.79 Å². The highest BCUT2D eigenvalue weighted by atomic mass is 32.1. The third-order valence-electron chi connectivity index (χ3n) is 2.86. The van der Waals surface area contributed by atoms with E-state index >= 15 is 0 Å². The molecule has 0 fully saturated rings. The fraction of sp³-hybridized carbons (Fsp3) is 0.214. The van der Waals surface area contributed by atoms with Gasteiger partial charge in [-0.2, -0.15) is 0 Å². The van der Waals surface area contributed by atoms with Gasteiger partial charge in [-0.1, -0.05) is 12.1 Å². The predicted molar refractivity (Wildman–Crippen MR) is 79.1 cm³/mol. The van der Waals surface area contributed by atoms with E-state index in [1.807, 2.05) is 12.1 Å². The van der Waals surface area contributed by atoms with Crippen LogP contribution in [0.1, 0.15) is 0 Å². The Morgan fingerprint density at radius 3 is 2.48 bits per heavy atom. The summed E-state index contributed by atoms with van der Waals surface area (Å²) in [5.74, 6) is -0.317. The van der Waals surface area contributed by atoms with Gasteiger partial charge < -0.3 is 24.5 Å². The molecule has 3 rings (SSSR count). The second-order valence-corrected chi connectivity index (χ2v) is 4.66. The van der Waals surface area contributed by atoms with Crippen molar-refractivity contribution in [2.24, 2.45) is 0 Å². The van der Waals surface area contributed by atoms with Gasteiger partial charge in [0.05, 0.1) is 18.3 Å². The molecule has 3 N–H and O–H groups in total. The summed E-state index contributed by atoms with van der Waals surface area (Å²) in [5.41, 5.74) is 0.645. The molecule has 0 unspecified atom stereocenters. The van der Waals surface area contributed by atoms with Gasteiger partial charge in [-0.3, -0.25) is 4.79 Å². The third kappa shape index (κ3) is 3.38. The summed E-state index contributed by atoms with van der Waals surface area (Å²) in [4.78, 5) is 11.1. The summed E-state index contributed by atoms with van der Waals surface area (Å²) in [5, 5.41) is 27.0. The van der Waals surface area contributed by atoms with Crippen LogP contribution in [0.25, 0.3) is 11.0 Å². The average Bonchev–Trinajstić information content (AvgIpc) is 2.75. The summed E-state index contributed by atoms with van der Waals surface area (Å²) < 4.78 is 9.82. The van der Waals surface area contributed by atoms with Crippen LogP contribution in [0.4, 0.5) is 0 Å². The largest absolute Gasteiger partial charge is 0.506 e. The summed E-state index contributed by atoms with van der Waals surface area (Å²) in [6.45, 7) is -0.338. The summed E-state index contributed by atoms with van der Waals surface area (Å²) in [6.07, 6.45) is -0.505. The zero-order valence-electron chi connectivity index (χ0n) is 10.8. The Morgan fingerprint density at radius 1 is 1.24 bits per heavy atom. The molecular formula is C14H14O6S. The van der Waals surface area contributed by atoms with Gasteiger partial charge in [0.15, 0.2) is 28.5 Å². The molecule has 1 aromatic heterocycles. The SMILES string of the molecule is O=c1ccoc2ccccc12.OC[C@H]1OC(S)=C(O)[C@H]1O. The van der Waals surface area contributed by atoms with Gasteiger partial charge in [0.1, 0.15) is 5.58 Å². The van der Waals surface area contributed by atoms with Crippen LogP contribution in [-0.4, -0.2) is 34.1 Å². The van der Waals surface area contributed by atoms with E-state index in [1.165, 1.54) is 12.3 Å². The lowest BCUT2D eigenvalue weighted by Gasteiger charge is -2.10. The number of para-hydroxylation sites is 1. The molecule has 0 aliphatic carbocycles. The van der Waals surface area contributed by atoms with E-state index < -0.39 is 12.2 Å². The van der Waals surface area contributed by atoms with Crippen LogP contribution >= 0.6 is 12.6 Å². The Bertz CT molecular complexity index is 702. The molecule has 6 nitrogen and oxygen atoms in total. The number of rotatable bonds is 1. The molecule has 1 aromatic carbocycles. The molecular weight excluding hydrogens is 296 g/mol. The molecule has 21 heavy (non-hydrogen) atoms. The van der Waals surface area contributed by atoms with Crippen LogP contribution in [0.2, 0.25) is 0 Å². The maximum Gasteiger partial charge on any atom is 0.192 e. The molecule has 0 saturated carbocycles. The predicted octanol–water partition coefficient (Wildman–Crippen LogP) is 1.19. The Kier molecular flexibility index (Phi) is 4.89. The molecule has 0 bridgehead atoms. The van der Waals surface area contributed by atoms with E-state index in [0.29, 0.717) is 11.0 Å². The molecule has 2 atom stereocenters. The highest BCUT2D eigenvalue weighted by Gasteiger charge is 2.33. The molecule has 0 spiro atoms. The average molecular weight is 310 g/mol. The topological polar surface area (TPSA) is 100 Å². The number of hydrogen-bond acceptors (Lipinski definition) is 7. The van der Waals surface area contributed by atoms with E-state index in [1.54, 1.807) is 12.1 Å². The lowest BCUT2D eigenvalue weighted by molar-refractivity contribution is 0.00912. The molecule has 0 amide bonds. The minimum atomic E-state index is -1.14. The van der Waals surface area contributed by atoms with Gasteiger partial charge in [-0.25, -0.2) is 0 Å². The van der Waals surface area contributed by atoms with Gasteiger partial charge in [-0.15, -0.1) is 12.6 Å². The summed E-state index contributed by atoms with van der Waals surface area (Å²) in [6, 6.07) is 8.60. The van der Waals surface area contributed by atoms with Crippen molar-refractivity contribution in [3.63, 3.8) is 0 Å². The van der Waals surface area contributed by atoms with Crippen molar-refractivity contribution in [3.8, 4) is 0 Å². The number of hydrogen-bond donors (Lipinski definition) is 4. The van der Waals surface area contributed by atoms with Gasteiger partial charge in [-0.05, 0) is 12.1 Å². The monoisotopic (exact) mass is 310 g/mol. The first-order valence-corrected chi connectivity index (χ1v) is 6.53. The van der Waals surface area contributed by atoms with E-state index in [2.05, 4.69) is 12.6 Å². The van der Waals surface area contributed by atoms with Crippen LogP contribution in [0, 0.1) is 0 Å². The molecule has 1 aliphatic rings. The molecule has 2 aromatic rings. The number of aliphatic hydroxyl groups is 3. The fourth-order valence-corrected chi connectivity index (χ4v) is 2.01. The normalized spacial score (nSPS) is 20.9. The van der Waals surface area contributed by atoms with Crippen molar-refractivity contribution in [2.45, 2.75) is 12.2 Å². The smallest absolute Gasteiger partial charge is 0.192 e. The van der Waals surface area contributed by atoms with E-state index in [-0.39, 0.29) is 22.9 Å². The Balaban J connectivity index is 0.000000155. The van der Waals surface area contributed by atoms with Crippen LogP contribution in [0.15, 0.2) is 56.7 Å².